The summed E-state index contributed by atoms with van der Waals surface area (Å²) in [4.78, 5) is 21.1. The van der Waals surface area contributed by atoms with Gasteiger partial charge in [0.2, 0.25) is 0 Å². The van der Waals surface area contributed by atoms with E-state index in [0.717, 1.165) is 37.2 Å². The third kappa shape index (κ3) is 2.81. The zero-order valence-electron chi connectivity index (χ0n) is 14.0. The van der Waals surface area contributed by atoms with Crippen molar-refractivity contribution >= 4 is 23.2 Å². The van der Waals surface area contributed by atoms with Crippen molar-refractivity contribution in [3.8, 4) is 0 Å². The fourth-order valence-corrected chi connectivity index (χ4v) is 4.16. The number of benzene rings is 1. The summed E-state index contributed by atoms with van der Waals surface area (Å²) < 4.78 is 13.9. The van der Waals surface area contributed by atoms with Crippen LogP contribution >= 0.6 is 11.6 Å². The summed E-state index contributed by atoms with van der Waals surface area (Å²) in [7, 11) is 2.09. The highest BCUT2D eigenvalue weighted by Crippen LogP contribution is 2.47. The van der Waals surface area contributed by atoms with Crippen molar-refractivity contribution in [2.45, 2.75) is 18.3 Å². The lowest BCUT2D eigenvalue weighted by Gasteiger charge is -2.38. The normalized spacial score (nSPS) is 19.2. The molecule has 2 aliphatic rings. The number of amides is 1. The molecule has 25 heavy (non-hydrogen) atoms. The van der Waals surface area contributed by atoms with Crippen LogP contribution in [0.3, 0.4) is 0 Å². The number of pyridine rings is 1. The largest absolute Gasteiger partial charge is 0.307 e. The van der Waals surface area contributed by atoms with Crippen molar-refractivity contribution in [3.05, 3.63) is 58.6 Å². The van der Waals surface area contributed by atoms with Gasteiger partial charge in [-0.1, -0.05) is 11.6 Å². The molecule has 0 aliphatic carbocycles. The summed E-state index contributed by atoms with van der Waals surface area (Å²) in [5.74, 6) is -0.369. The van der Waals surface area contributed by atoms with Gasteiger partial charge in [-0.25, -0.2) is 9.37 Å². The fourth-order valence-electron chi connectivity index (χ4n) is 3.99. The summed E-state index contributed by atoms with van der Waals surface area (Å²) >= 11 is 5.94. The molecule has 0 saturated carbocycles. The molecule has 6 heteroatoms. The van der Waals surface area contributed by atoms with E-state index in [4.69, 9.17) is 11.6 Å². The van der Waals surface area contributed by atoms with E-state index in [9.17, 15) is 9.18 Å². The molecule has 4 rings (SSSR count). The number of aromatic nitrogens is 1. The number of carbonyl (C=O) groups is 1. The van der Waals surface area contributed by atoms with E-state index < -0.39 is 0 Å². The van der Waals surface area contributed by atoms with E-state index in [-0.39, 0.29) is 17.1 Å². The summed E-state index contributed by atoms with van der Waals surface area (Å²) in [6.07, 6.45) is 3.37. The number of hydrogen-bond donors (Lipinski definition) is 0. The van der Waals surface area contributed by atoms with Crippen molar-refractivity contribution in [1.82, 2.24) is 9.88 Å². The van der Waals surface area contributed by atoms with Gasteiger partial charge in [0.05, 0.1) is 0 Å². The van der Waals surface area contributed by atoms with Gasteiger partial charge in [0.25, 0.3) is 5.91 Å². The number of anilines is 1. The molecule has 1 saturated heterocycles. The Morgan fingerprint density at radius 2 is 2.00 bits per heavy atom. The molecule has 130 valence electrons. The standard InChI is InChI=1S/C19H19ClFN3O/c1-23-8-5-19(6-9-23)12-24(16-3-2-14(21)11-15(16)19)18(25)13-4-7-22-17(20)10-13/h2-4,7,10-11H,5-6,8-9,12H2,1H3. The van der Waals surface area contributed by atoms with Crippen LogP contribution in [0.4, 0.5) is 10.1 Å². The predicted molar refractivity (Wildman–Crippen MR) is 95.7 cm³/mol. The molecule has 0 N–H and O–H groups in total. The first-order valence-corrected chi connectivity index (χ1v) is 8.78. The minimum atomic E-state index is -0.252. The molecule has 0 bridgehead atoms. The monoisotopic (exact) mass is 359 g/mol. The lowest BCUT2D eigenvalue weighted by molar-refractivity contribution is 0.0979. The van der Waals surface area contributed by atoms with Crippen molar-refractivity contribution in [2.24, 2.45) is 0 Å². The molecule has 3 heterocycles. The van der Waals surface area contributed by atoms with Gasteiger partial charge in [-0.2, -0.15) is 0 Å². The molecule has 0 unspecified atom stereocenters. The molecule has 1 fully saturated rings. The van der Waals surface area contributed by atoms with Crippen LogP contribution < -0.4 is 4.90 Å². The highest BCUT2D eigenvalue weighted by Gasteiger charge is 2.46. The second kappa shape index (κ2) is 6.07. The zero-order chi connectivity index (χ0) is 17.6. The van der Waals surface area contributed by atoms with Crippen LogP contribution in [0.15, 0.2) is 36.5 Å². The Bertz CT molecular complexity index is 833. The number of likely N-dealkylation sites (tertiary alicyclic amines) is 1. The third-order valence-corrected chi connectivity index (χ3v) is 5.65. The summed E-state index contributed by atoms with van der Waals surface area (Å²) in [5, 5.41) is 0.290. The smallest absolute Gasteiger partial charge is 0.258 e. The van der Waals surface area contributed by atoms with E-state index >= 15 is 0 Å². The first-order valence-electron chi connectivity index (χ1n) is 8.41. The Labute approximate surface area is 151 Å². The zero-order valence-corrected chi connectivity index (χ0v) is 14.8. The maximum Gasteiger partial charge on any atom is 0.258 e. The van der Waals surface area contributed by atoms with Gasteiger partial charge in [0.15, 0.2) is 0 Å². The number of fused-ring (bicyclic) bond motifs is 2. The van der Waals surface area contributed by atoms with Crippen LogP contribution in [-0.4, -0.2) is 42.5 Å². The second-order valence-electron chi connectivity index (χ2n) is 7.00. The van der Waals surface area contributed by atoms with Crippen LogP contribution in [-0.2, 0) is 5.41 Å². The van der Waals surface area contributed by atoms with Gasteiger partial charge in [0.1, 0.15) is 11.0 Å². The highest BCUT2D eigenvalue weighted by atomic mass is 35.5. The molecule has 2 aliphatic heterocycles. The Kier molecular flexibility index (Phi) is 4.01. The van der Waals surface area contributed by atoms with Crippen molar-refractivity contribution in [2.75, 3.05) is 31.6 Å². The van der Waals surface area contributed by atoms with Gasteiger partial charge in [-0.15, -0.1) is 0 Å². The van der Waals surface area contributed by atoms with Crippen LogP contribution in [0.2, 0.25) is 5.15 Å². The van der Waals surface area contributed by atoms with Gasteiger partial charge in [-0.3, -0.25) is 4.79 Å². The fraction of sp³-hybridized carbons (Fsp3) is 0.368. The Morgan fingerprint density at radius 3 is 2.72 bits per heavy atom. The van der Waals surface area contributed by atoms with Crippen LogP contribution in [0, 0.1) is 5.82 Å². The van der Waals surface area contributed by atoms with Crippen LogP contribution in [0.5, 0.6) is 0 Å². The predicted octanol–water partition coefficient (Wildman–Crippen LogP) is 3.50. The van der Waals surface area contributed by atoms with Crippen molar-refractivity contribution in [1.29, 1.82) is 0 Å². The molecule has 0 radical (unpaired) electrons. The maximum atomic E-state index is 13.9. The van der Waals surface area contributed by atoms with Gasteiger partial charge >= 0.3 is 0 Å². The Hall–Kier alpha value is -1.98. The molecule has 1 amide bonds. The molecular weight excluding hydrogens is 341 g/mol. The minimum absolute atomic E-state index is 0.118. The average Bonchev–Trinajstić information content (AvgIpc) is 2.91. The number of piperidine rings is 1. The number of halogens is 2. The molecule has 0 atom stereocenters. The average molecular weight is 360 g/mol. The van der Waals surface area contributed by atoms with E-state index in [1.165, 1.54) is 12.3 Å². The van der Waals surface area contributed by atoms with E-state index in [1.807, 2.05) is 0 Å². The molecule has 1 aromatic heterocycles. The molecule has 1 spiro atoms. The second-order valence-corrected chi connectivity index (χ2v) is 7.39. The first-order chi connectivity index (χ1) is 12.0. The van der Waals surface area contributed by atoms with E-state index in [2.05, 4.69) is 16.9 Å². The number of rotatable bonds is 1. The number of carbonyl (C=O) groups excluding carboxylic acids is 1. The van der Waals surface area contributed by atoms with Crippen LogP contribution in [0.1, 0.15) is 28.8 Å². The van der Waals surface area contributed by atoms with Gasteiger partial charge in [0, 0.05) is 29.4 Å². The SMILES string of the molecule is CN1CCC2(CC1)CN(C(=O)c1ccnc(Cl)c1)c1ccc(F)cc12. The van der Waals surface area contributed by atoms with E-state index in [0.29, 0.717) is 17.3 Å². The molecule has 1 aromatic carbocycles. The van der Waals surface area contributed by atoms with Gasteiger partial charge < -0.3 is 9.80 Å². The topological polar surface area (TPSA) is 36.4 Å². The number of nitrogens with zero attached hydrogens (tertiary/aromatic N) is 3. The molecule has 2 aromatic rings. The van der Waals surface area contributed by atoms with Crippen LogP contribution in [0.25, 0.3) is 0 Å². The van der Waals surface area contributed by atoms with Gasteiger partial charge in [-0.05, 0) is 68.9 Å². The maximum absolute atomic E-state index is 13.9. The van der Waals surface area contributed by atoms with Crippen molar-refractivity contribution < 1.29 is 9.18 Å². The first kappa shape index (κ1) is 16.5. The highest BCUT2D eigenvalue weighted by molar-refractivity contribution is 6.29. The van der Waals surface area contributed by atoms with Crippen molar-refractivity contribution in [3.63, 3.8) is 0 Å². The lowest BCUT2D eigenvalue weighted by atomic mass is 9.74. The Morgan fingerprint density at radius 1 is 1.24 bits per heavy atom. The third-order valence-electron chi connectivity index (χ3n) is 5.44. The summed E-state index contributed by atoms with van der Waals surface area (Å²) in [6.45, 7) is 2.47. The lowest BCUT2D eigenvalue weighted by Crippen LogP contribution is -2.44. The molecular formula is C19H19ClFN3O. The summed E-state index contributed by atoms with van der Waals surface area (Å²) in [6, 6.07) is 7.99. The quantitative estimate of drug-likeness (QED) is 0.731. The number of hydrogen-bond acceptors (Lipinski definition) is 3. The molecule has 4 nitrogen and oxygen atoms in total. The summed E-state index contributed by atoms with van der Waals surface area (Å²) in [5.41, 5.74) is 2.09. The minimum Gasteiger partial charge on any atom is -0.307 e. The Balaban J connectivity index is 1.75. The van der Waals surface area contributed by atoms with E-state index in [1.54, 1.807) is 29.2 Å².